The molecule has 0 unspecified atom stereocenters. The van der Waals surface area contributed by atoms with Gasteiger partial charge >= 0.3 is 5.97 Å². The maximum absolute atomic E-state index is 11.9. The van der Waals surface area contributed by atoms with E-state index in [4.69, 9.17) is 4.42 Å². The normalized spacial score (nSPS) is 10.8. The molecule has 0 bridgehead atoms. The van der Waals surface area contributed by atoms with Crippen LogP contribution in [0.2, 0.25) is 0 Å². The number of nitrogens with zero attached hydrogens (tertiary/aromatic N) is 1. The second kappa shape index (κ2) is 5.81. The summed E-state index contributed by atoms with van der Waals surface area (Å²) in [7, 11) is 1.30. The number of carbonyl (C=O) groups is 1. The van der Waals surface area contributed by atoms with Gasteiger partial charge in [0.2, 0.25) is 5.76 Å². The molecule has 0 N–H and O–H groups in total. The first-order valence-corrected chi connectivity index (χ1v) is 7.33. The molecule has 0 fully saturated rings. The molecule has 5 nitrogen and oxygen atoms in total. The van der Waals surface area contributed by atoms with Crippen LogP contribution in [-0.4, -0.2) is 17.6 Å². The minimum atomic E-state index is -0.514. The van der Waals surface area contributed by atoms with Crippen molar-refractivity contribution in [1.29, 1.82) is 0 Å². The van der Waals surface area contributed by atoms with Crippen LogP contribution in [0.4, 0.5) is 0 Å². The molecule has 112 valence electrons. The van der Waals surface area contributed by atoms with Gasteiger partial charge in [-0.15, -0.1) is 0 Å². The van der Waals surface area contributed by atoms with Crippen LogP contribution in [-0.2, 0) is 11.3 Å². The Morgan fingerprint density at radius 1 is 1.27 bits per heavy atom. The van der Waals surface area contributed by atoms with E-state index < -0.39 is 5.97 Å². The number of halogens is 1. The van der Waals surface area contributed by atoms with Crippen LogP contribution >= 0.6 is 15.9 Å². The van der Waals surface area contributed by atoms with Gasteiger partial charge in [0.1, 0.15) is 5.76 Å². The van der Waals surface area contributed by atoms with Crippen molar-refractivity contribution in [3.63, 3.8) is 0 Å². The van der Waals surface area contributed by atoms with E-state index in [9.17, 15) is 9.59 Å². The summed E-state index contributed by atoms with van der Waals surface area (Å²) in [5.41, 5.74) is 0.758. The van der Waals surface area contributed by atoms with Gasteiger partial charge < -0.3 is 13.7 Å². The average Bonchev–Trinajstić information content (AvgIpc) is 2.98. The van der Waals surface area contributed by atoms with Crippen LogP contribution in [0, 0.1) is 0 Å². The standard InChI is InChI=1S/C16H12BrNO4/c1-21-16(20)15-5-3-11(22-15)9-18-7-6-14(19)12-8-10(17)2-4-13(12)18/h2-8H,9H2,1H3. The van der Waals surface area contributed by atoms with Gasteiger partial charge in [-0.25, -0.2) is 4.79 Å². The smallest absolute Gasteiger partial charge is 0.373 e. The third-order valence-corrected chi connectivity index (χ3v) is 3.81. The molecule has 0 saturated heterocycles. The summed E-state index contributed by atoms with van der Waals surface area (Å²) >= 11 is 3.37. The summed E-state index contributed by atoms with van der Waals surface area (Å²) in [6.07, 6.45) is 1.71. The predicted molar refractivity (Wildman–Crippen MR) is 85.1 cm³/mol. The van der Waals surface area contributed by atoms with Crippen molar-refractivity contribution in [2.45, 2.75) is 6.54 Å². The summed E-state index contributed by atoms with van der Waals surface area (Å²) in [5, 5.41) is 0.622. The van der Waals surface area contributed by atoms with Crippen LogP contribution in [0.15, 0.2) is 56.3 Å². The maximum Gasteiger partial charge on any atom is 0.373 e. The summed E-state index contributed by atoms with van der Waals surface area (Å²) in [4.78, 5) is 23.4. The highest BCUT2D eigenvalue weighted by Crippen LogP contribution is 2.19. The number of ether oxygens (including phenoxy) is 1. The highest BCUT2D eigenvalue weighted by Gasteiger charge is 2.12. The Morgan fingerprint density at radius 2 is 2.09 bits per heavy atom. The molecule has 6 heteroatoms. The number of hydrogen-bond donors (Lipinski definition) is 0. The van der Waals surface area contributed by atoms with E-state index in [2.05, 4.69) is 20.7 Å². The van der Waals surface area contributed by atoms with Crippen molar-refractivity contribution in [2.75, 3.05) is 7.11 Å². The zero-order chi connectivity index (χ0) is 15.7. The number of esters is 1. The molecule has 2 aromatic heterocycles. The minimum Gasteiger partial charge on any atom is -0.463 e. The number of benzene rings is 1. The lowest BCUT2D eigenvalue weighted by atomic mass is 10.2. The maximum atomic E-state index is 11.9. The molecule has 0 aliphatic carbocycles. The molecule has 3 aromatic rings. The summed E-state index contributed by atoms with van der Waals surface area (Å²) in [5.74, 6) is 0.249. The fourth-order valence-corrected chi connectivity index (χ4v) is 2.62. The molecule has 0 aliphatic heterocycles. The summed E-state index contributed by atoms with van der Waals surface area (Å²) in [6.45, 7) is 0.412. The SMILES string of the molecule is COC(=O)c1ccc(Cn2ccc(=O)c3cc(Br)ccc32)o1. The van der Waals surface area contributed by atoms with E-state index in [0.29, 0.717) is 17.7 Å². The number of methoxy groups -OCH3 is 1. The summed E-state index contributed by atoms with van der Waals surface area (Å²) in [6, 6.07) is 10.3. The molecule has 0 radical (unpaired) electrons. The van der Waals surface area contributed by atoms with Crippen molar-refractivity contribution in [3.8, 4) is 0 Å². The molecule has 0 spiro atoms. The van der Waals surface area contributed by atoms with E-state index in [0.717, 1.165) is 9.99 Å². The average molecular weight is 362 g/mol. The first-order chi connectivity index (χ1) is 10.6. The number of hydrogen-bond acceptors (Lipinski definition) is 4. The van der Waals surface area contributed by atoms with Crippen molar-refractivity contribution < 1.29 is 13.9 Å². The first-order valence-electron chi connectivity index (χ1n) is 6.54. The van der Waals surface area contributed by atoms with Crippen molar-refractivity contribution >= 4 is 32.8 Å². The third kappa shape index (κ3) is 2.69. The summed E-state index contributed by atoms with van der Waals surface area (Å²) < 4.78 is 12.8. The van der Waals surface area contributed by atoms with Gasteiger partial charge in [0.25, 0.3) is 0 Å². The van der Waals surface area contributed by atoms with E-state index in [1.807, 2.05) is 16.7 Å². The number of carbonyl (C=O) groups excluding carboxylic acids is 1. The molecule has 0 saturated carbocycles. The van der Waals surface area contributed by atoms with Crippen molar-refractivity contribution in [1.82, 2.24) is 4.57 Å². The van der Waals surface area contributed by atoms with Crippen LogP contribution in [0.3, 0.4) is 0 Å². The molecular weight excluding hydrogens is 350 g/mol. The van der Waals surface area contributed by atoms with Gasteiger partial charge in [-0.3, -0.25) is 4.79 Å². The fourth-order valence-electron chi connectivity index (χ4n) is 2.26. The second-order valence-electron chi connectivity index (χ2n) is 4.73. The quantitative estimate of drug-likeness (QED) is 0.672. The van der Waals surface area contributed by atoms with Gasteiger partial charge in [0, 0.05) is 22.1 Å². The molecule has 2 heterocycles. The second-order valence-corrected chi connectivity index (χ2v) is 5.64. The molecule has 1 aromatic carbocycles. The molecular formula is C16H12BrNO4. The zero-order valence-electron chi connectivity index (χ0n) is 11.7. The highest BCUT2D eigenvalue weighted by atomic mass is 79.9. The molecule has 0 amide bonds. The van der Waals surface area contributed by atoms with Crippen LogP contribution < -0.4 is 5.43 Å². The number of pyridine rings is 1. The Kier molecular flexibility index (Phi) is 3.85. The molecule has 22 heavy (non-hydrogen) atoms. The molecule has 0 atom stereocenters. The third-order valence-electron chi connectivity index (χ3n) is 3.31. The van der Waals surface area contributed by atoms with Gasteiger partial charge in [-0.1, -0.05) is 15.9 Å². The largest absolute Gasteiger partial charge is 0.463 e. The minimum absolute atomic E-state index is 0.0396. The van der Waals surface area contributed by atoms with Gasteiger partial charge in [0.15, 0.2) is 5.43 Å². The van der Waals surface area contributed by atoms with Gasteiger partial charge in [0.05, 0.1) is 19.2 Å². The van der Waals surface area contributed by atoms with Crippen molar-refractivity contribution in [2.24, 2.45) is 0 Å². The highest BCUT2D eigenvalue weighted by molar-refractivity contribution is 9.10. The Labute approximate surface area is 134 Å². The van der Waals surface area contributed by atoms with E-state index in [-0.39, 0.29) is 11.2 Å². The Morgan fingerprint density at radius 3 is 2.86 bits per heavy atom. The van der Waals surface area contributed by atoms with E-state index in [1.54, 1.807) is 24.4 Å². The number of rotatable bonds is 3. The first kappa shape index (κ1) is 14.6. The predicted octanol–water partition coefficient (Wildman–Crippen LogP) is 3.19. The lowest BCUT2D eigenvalue weighted by Crippen LogP contribution is -2.08. The van der Waals surface area contributed by atoms with Gasteiger partial charge in [-0.2, -0.15) is 0 Å². The topological polar surface area (TPSA) is 61.4 Å². The monoisotopic (exact) mass is 361 g/mol. The fraction of sp³-hybridized carbons (Fsp3) is 0.125. The van der Waals surface area contributed by atoms with Crippen molar-refractivity contribution in [3.05, 3.63) is 68.8 Å². The Bertz CT molecular complexity index is 910. The van der Waals surface area contributed by atoms with E-state index in [1.165, 1.54) is 13.2 Å². The Hall–Kier alpha value is -2.34. The molecule has 0 aliphatic rings. The van der Waals surface area contributed by atoms with Crippen LogP contribution in [0.5, 0.6) is 0 Å². The van der Waals surface area contributed by atoms with Crippen LogP contribution in [0.1, 0.15) is 16.3 Å². The lowest BCUT2D eigenvalue weighted by molar-refractivity contribution is 0.0563. The molecule has 3 rings (SSSR count). The van der Waals surface area contributed by atoms with E-state index >= 15 is 0 Å². The number of furan rings is 1. The Balaban J connectivity index is 2.01. The number of aromatic nitrogens is 1. The van der Waals surface area contributed by atoms with Gasteiger partial charge in [-0.05, 0) is 30.3 Å². The number of fused-ring (bicyclic) bond motifs is 1. The lowest BCUT2D eigenvalue weighted by Gasteiger charge is -2.09. The van der Waals surface area contributed by atoms with Crippen LogP contribution in [0.25, 0.3) is 10.9 Å². The zero-order valence-corrected chi connectivity index (χ0v) is 13.3.